The van der Waals surface area contributed by atoms with Crippen LogP contribution in [0, 0.1) is 0 Å². The van der Waals surface area contributed by atoms with Crippen LogP contribution in [0.4, 0.5) is 5.69 Å². The number of hydrogen-bond donors (Lipinski definition) is 1. The van der Waals surface area contributed by atoms with Gasteiger partial charge in [-0.3, -0.25) is 14.5 Å². The van der Waals surface area contributed by atoms with Crippen LogP contribution in [0.25, 0.3) is 0 Å². The summed E-state index contributed by atoms with van der Waals surface area (Å²) in [5.74, 6) is 0.00573. The molecule has 2 amide bonds. The zero-order chi connectivity index (χ0) is 17.9. The van der Waals surface area contributed by atoms with Crippen LogP contribution in [-0.4, -0.2) is 53.0 Å². The van der Waals surface area contributed by atoms with E-state index < -0.39 is 0 Å². The smallest absolute Gasteiger partial charge is 0.238 e. The van der Waals surface area contributed by atoms with Gasteiger partial charge in [0, 0.05) is 48.9 Å². The van der Waals surface area contributed by atoms with Gasteiger partial charge in [-0.2, -0.15) is 0 Å². The van der Waals surface area contributed by atoms with Crippen molar-refractivity contribution < 1.29 is 9.59 Å². The first-order valence-electron chi connectivity index (χ1n) is 8.78. The van der Waals surface area contributed by atoms with Gasteiger partial charge < -0.3 is 10.2 Å². The number of anilines is 1. The molecule has 3 heterocycles. The molecule has 0 spiro atoms. The Morgan fingerprint density at radius 3 is 2.69 bits per heavy atom. The number of rotatable bonds is 4. The molecule has 1 N–H and O–H groups in total. The van der Waals surface area contributed by atoms with Crippen molar-refractivity contribution in [2.45, 2.75) is 23.1 Å². The van der Waals surface area contributed by atoms with Gasteiger partial charge in [0.15, 0.2) is 0 Å². The largest absolute Gasteiger partial charge is 0.340 e. The predicted octanol–water partition coefficient (Wildman–Crippen LogP) is 2.90. The second-order valence-electron chi connectivity index (χ2n) is 6.53. The summed E-state index contributed by atoms with van der Waals surface area (Å²) in [6.07, 6.45) is 0.260. The Hall–Kier alpha value is -1.83. The molecule has 1 aromatic carbocycles. The second-order valence-corrected chi connectivity index (χ2v) is 8.81. The first-order chi connectivity index (χ1) is 12.7. The highest BCUT2D eigenvalue weighted by molar-refractivity contribution is 8.01. The molecule has 7 heteroatoms. The van der Waals surface area contributed by atoms with Gasteiger partial charge in [0.2, 0.25) is 11.8 Å². The second kappa shape index (κ2) is 7.82. The maximum atomic E-state index is 12.7. The van der Waals surface area contributed by atoms with Gasteiger partial charge in [-0.15, -0.1) is 23.1 Å². The van der Waals surface area contributed by atoms with Crippen LogP contribution >= 0.6 is 23.1 Å². The summed E-state index contributed by atoms with van der Waals surface area (Å²) in [7, 11) is 0. The molecule has 0 bridgehead atoms. The van der Waals surface area contributed by atoms with Crippen LogP contribution in [0.5, 0.6) is 0 Å². The fourth-order valence-corrected chi connectivity index (χ4v) is 5.14. The molecule has 5 nitrogen and oxygen atoms in total. The van der Waals surface area contributed by atoms with Crippen molar-refractivity contribution in [3.63, 3.8) is 0 Å². The highest BCUT2D eigenvalue weighted by Crippen LogP contribution is 2.36. The molecule has 0 aliphatic carbocycles. The fraction of sp³-hybridized carbons (Fsp3) is 0.368. The van der Waals surface area contributed by atoms with Crippen molar-refractivity contribution in [3.8, 4) is 0 Å². The SMILES string of the molecule is O=C1Nc2ccccc2S[C@@H]1CC(=O)N1CCN(Cc2cccs2)CC1. The molecule has 0 unspecified atom stereocenters. The normalized spacial score (nSPS) is 20.5. The van der Waals surface area contributed by atoms with Crippen LogP contribution in [0.3, 0.4) is 0 Å². The summed E-state index contributed by atoms with van der Waals surface area (Å²) >= 11 is 3.26. The molecule has 1 fully saturated rings. The molecule has 1 atom stereocenters. The van der Waals surface area contributed by atoms with E-state index in [0.717, 1.165) is 43.3 Å². The summed E-state index contributed by atoms with van der Waals surface area (Å²) in [5.41, 5.74) is 0.841. The van der Waals surface area contributed by atoms with Crippen molar-refractivity contribution >= 4 is 40.6 Å². The topological polar surface area (TPSA) is 52.7 Å². The lowest BCUT2D eigenvalue weighted by Gasteiger charge is -2.35. The van der Waals surface area contributed by atoms with E-state index in [4.69, 9.17) is 0 Å². The number of fused-ring (bicyclic) bond motifs is 1. The Morgan fingerprint density at radius 2 is 1.92 bits per heavy atom. The lowest BCUT2D eigenvalue weighted by Crippen LogP contribution is -2.49. The predicted molar refractivity (Wildman–Crippen MR) is 106 cm³/mol. The molecule has 2 aliphatic rings. The minimum absolute atomic E-state index is 0.0709. The zero-order valence-electron chi connectivity index (χ0n) is 14.4. The van der Waals surface area contributed by atoms with E-state index in [9.17, 15) is 9.59 Å². The Bertz CT molecular complexity index is 786. The number of carbonyl (C=O) groups excluding carboxylic acids is 2. The summed E-state index contributed by atoms with van der Waals surface area (Å²) in [6.45, 7) is 4.20. The number of nitrogens with zero attached hydrogens (tertiary/aromatic N) is 2. The summed E-state index contributed by atoms with van der Waals surface area (Å²) in [6, 6.07) is 12.0. The third-order valence-corrected chi connectivity index (χ3v) is 6.89. The number of thiophene rings is 1. The van der Waals surface area contributed by atoms with E-state index in [0.29, 0.717) is 0 Å². The standard InChI is InChI=1S/C19H21N3O2S2/c23-18(12-17-19(24)20-15-5-1-2-6-16(15)26-17)22-9-7-21(8-10-22)13-14-4-3-11-25-14/h1-6,11,17H,7-10,12-13H2,(H,20,24)/t17-/m1/s1. The maximum absolute atomic E-state index is 12.7. The van der Waals surface area contributed by atoms with E-state index in [-0.39, 0.29) is 23.5 Å². The minimum Gasteiger partial charge on any atom is -0.340 e. The number of hydrogen-bond acceptors (Lipinski definition) is 5. The number of para-hydroxylation sites is 1. The molecule has 1 saturated heterocycles. The summed E-state index contributed by atoms with van der Waals surface area (Å²) < 4.78 is 0. The lowest BCUT2D eigenvalue weighted by molar-refractivity contribution is -0.134. The number of carbonyl (C=O) groups is 2. The van der Waals surface area contributed by atoms with Crippen molar-refractivity contribution in [3.05, 3.63) is 46.7 Å². The van der Waals surface area contributed by atoms with Crippen LogP contribution in [0.1, 0.15) is 11.3 Å². The van der Waals surface area contributed by atoms with Gasteiger partial charge >= 0.3 is 0 Å². The van der Waals surface area contributed by atoms with Crippen LogP contribution in [0.2, 0.25) is 0 Å². The molecule has 136 valence electrons. The quantitative estimate of drug-likeness (QED) is 0.877. The van der Waals surface area contributed by atoms with Crippen LogP contribution < -0.4 is 5.32 Å². The van der Waals surface area contributed by atoms with Gasteiger partial charge in [-0.25, -0.2) is 0 Å². The van der Waals surface area contributed by atoms with Crippen molar-refractivity contribution in [2.24, 2.45) is 0 Å². The molecule has 4 rings (SSSR count). The minimum atomic E-state index is -0.346. The van der Waals surface area contributed by atoms with E-state index in [2.05, 4.69) is 27.7 Å². The summed E-state index contributed by atoms with van der Waals surface area (Å²) in [5, 5.41) is 4.66. The fourth-order valence-electron chi connectivity index (χ4n) is 3.29. The first-order valence-corrected chi connectivity index (χ1v) is 10.5. The number of piperazine rings is 1. The molecule has 0 saturated carbocycles. The van der Waals surface area contributed by atoms with Crippen molar-refractivity contribution in [2.75, 3.05) is 31.5 Å². The van der Waals surface area contributed by atoms with Gasteiger partial charge in [0.1, 0.15) is 0 Å². The van der Waals surface area contributed by atoms with Crippen LogP contribution in [0.15, 0.2) is 46.7 Å². The monoisotopic (exact) mass is 387 g/mol. The Kier molecular flexibility index (Phi) is 5.28. The highest BCUT2D eigenvalue weighted by Gasteiger charge is 2.31. The van der Waals surface area contributed by atoms with Gasteiger partial charge in [0.25, 0.3) is 0 Å². The summed E-state index contributed by atoms with van der Waals surface area (Å²) in [4.78, 5) is 31.6. The lowest BCUT2D eigenvalue weighted by atomic mass is 10.2. The van der Waals surface area contributed by atoms with E-state index in [1.54, 1.807) is 11.3 Å². The number of amides is 2. The average Bonchev–Trinajstić information content (AvgIpc) is 3.16. The maximum Gasteiger partial charge on any atom is 0.238 e. The van der Waals surface area contributed by atoms with Gasteiger partial charge in [0.05, 0.1) is 10.9 Å². The van der Waals surface area contributed by atoms with Crippen molar-refractivity contribution in [1.82, 2.24) is 9.80 Å². The zero-order valence-corrected chi connectivity index (χ0v) is 16.0. The van der Waals surface area contributed by atoms with Gasteiger partial charge in [-0.1, -0.05) is 18.2 Å². The number of nitrogens with one attached hydrogen (secondary N) is 1. The van der Waals surface area contributed by atoms with E-state index in [1.165, 1.54) is 16.6 Å². The average molecular weight is 388 g/mol. The molecule has 2 aromatic rings. The number of benzene rings is 1. The highest BCUT2D eigenvalue weighted by atomic mass is 32.2. The Labute approximate surface area is 161 Å². The molecule has 26 heavy (non-hydrogen) atoms. The van der Waals surface area contributed by atoms with Crippen LogP contribution in [-0.2, 0) is 16.1 Å². The Balaban J connectivity index is 1.30. The Morgan fingerprint density at radius 1 is 1.12 bits per heavy atom. The van der Waals surface area contributed by atoms with Crippen molar-refractivity contribution in [1.29, 1.82) is 0 Å². The third-order valence-electron chi connectivity index (χ3n) is 4.75. The van der Waals surface area contributed by atoms with Gasteiger partial charge in [-0.05, 0) is 23.6 Å². The van der Waals surface area contributed by atoms with E-state index in [1.807, 2.05) is 29.2 Å². The molecular formula is C19H21N3O2S2. The molecular weight excluding hydrogens is 366 g/mol. The molecule has 2 aliphatic heterocycles. The number of thioether (sulfide) groups is 1. The first kappa shape index (κ1) is 17.6. The molecule has 1 aromatic heterocycles. The van der Waals surface area contributed by atoms with E-state index >= 15 is 0 Å². The molecule has 0 radical (unpaired) electrons. The third kappa shape index (κ3) is 3.95.